The zero-order valence-corrected chi connectivity index (χ0v) is 21.9. The van der Waals surface area contributed by atoms with Gasteiger partial charge in [0.05, 0.1) is 41.5 Å². The van der Waals surface area contributed by atoms with Crippen LogP contribution in [-0.4, -0.2) is 49.4 Å². The third-order valence-electron chi connectivity index (χ3n) is 8.23. The number of aryl methyl sites for hydroxylation is 1. The molecule has 2 aromatic heterocycles. The number of fused-ring (bicyclic) bond motifs is 1. The molecule has 0 bridgehead atoms. The first kappa shape index (κ1) is 24.5. The van der Waals surface area contributed by atoms with E-state index in [1.165, 1.54) is 0 Å². The van der Waals surface area contributed by atoms with E-state index in [0.29, 0.717) is 33.7 Å². The average molecular weight is 531 g/mol. The molecule has 11 heteroatoms. The minimum absolute atomic E-state index is 0.00908. The van der Waals surface area contributed by atoms with Crippen LogP contribution >= 0.6 is 11.6 Å². The van der Waals surface area contributed by atoms with Crippen molar-refractivity contribution in [2.24, 2.45) is 11.8 Å². The first-order chi connectivity index (χ1) is 18.3. The summed E-state index contributed by atoms with van der Waals surface area (Å²) in [6, 6.07) is 7.19. The zero-order chi connectivity index (χ0) is 26.6. The number of carbonyl (C=O) groups is 2. The van der Waals surface area contributed by atoms with Gasteiger partial charge >= 0.3 is 0 Å². The lowest BCUT2D eigenvalue weighted by Gasteiger charge is -2.36. The van der Waals surface area contributed by atoms with Gasteiger partial charge in [-0.1, -0.05) is 16.8 Å². The van der Waals surface area contributed by atoms with Gasteiger partial charge in [-0.05, 0) is 75.1 Å². The first-order valence-corrected chi connectivity index (χ1v) is 13.3. The van der Waals surface area contributed by atoms with Gasteiger partial charge in [-0.3, -0.25) is 19.5 Å². The Labute approximate surface area is 225 Å². The fourth-order valence-electron chi connectivity index (χ4n) is 5.72. The molecule has 10 nitrogen and oxygen atoms in total. The Morgan fingerprint density at radius 2 is 2.11 bits per heavy atom. The molecule has 3 fully saturated rings. The highest BCUT2D eigenvalue weighted by molar-refractivity contribution is 6.30. The zero-order valence-electron chi connectivity index (χ0n) is 21.1. The Hall–Kier alpha value is -3.84. The van der Waals surface area contributed by atoms with Crippen LogP contribution in [0.5, 0.6) is 0 Å². The van der Waals surface area contributed by atoms with E-state index < -0.39 is 0 Å². The van der Waals surface area contributed by atoms with Crippen molar-refractivity contribution in [1.82, 2.24) is 30.3 Å². The van der Waals surface area contributed by atoms with Crippen molar-refractivity contribution in [2.45, 2.75) is 57.5 Å². The maximum Gasteiger partial charge on any atom is 0.273 e. The minimum Gasteiger partial charge on any atom is -0.348 e. The SMILES string of the molecule is Cc1nc([C@H](C)n2cc(C(=O)N[C@H]3C[C@@H](c4cc(Cl)ccc4C#N)C3)nn2)cnc1N1C[C@H]2CCC2C1=O. The molecule has 0 radical (unpaired) electrons. The van der Waals surface area contributed by atoms with E-state index in [2.05, 4.69) is 26.7 Å². The average Bonchev–Trinajstić information content (AvgIpc) is 3.43. The fourth-order valence-corrected chi connectivity index (χ4v) is 5.90. The molecule has 2 saturated carbocycles. The van der Waals surface area contributed by atoms with E-state index in [9.17, 15) is 14.9 Å². The summed E-state index contributed by atoms with van der Waals surface area (Å²) in [5, 5.41) is 21.2. The van der Waals surface area contributed by atoms with E-state index in [1.54, 1.807) is 34.1 Å². The van der Waals surface area contributed by atoms with Crippen molar-refractivity contribution >= 4 is 29.2 Å². The molecule has 2 aliphatic carbocycles. The third kappa shape index (κ3) is 4.21. The Morgan fingerprint density at radius 1 is 1.29 bits per heavy atom. The van der Waals surface area contributed by atoms with Crippen LogP contribution in [0.2, 0.25) is 5.02 Å². The number of nitriles is 1. The maximum atomic E-state index is 12.8. The minimum atomic E-state index is -0.296. The number of amides is 2. The quantitative estimate of drug-likeness (QED) is 0.515. The molecule has 1 aromatic carbocycles. The smallest absolute Gasteiger partial charge is 0.273 e. The molecule has 0 spiro atoms. The molecule has 1 aliphatic heterocycles. The highest BCUT2D eigenvalue weighted by Crippen LogP contribution is 2.43. The van der Waals surface area contributed by atoms with Crippen LogP contribution in [0, 0.1) is 30.1 Å². The van der Waals surface area contributed by atoms with Crippen molar-refractivity contribution in [2.75, 3.05) is 11.4 Å². The predicted molar refractivity (Wildman–Crippen MR) is 139 cm³/mol. The maximum absolute atomic E-state index is 12.8. The van der Waals surface area contributed by atoms with Gasteiger partial charge in [0, 0.05) is 23.5 Å². The van der Waals surface area contributed by atoms with Crippen LogP contribution in [0.25, 0.3) is 0 Å². The molecule has 6 rings (SSSR count). The van der Waals surface area contributed by atoms with E-state index in [-0.39, 0.29) is 41.4 Å². The van der Waals surface area contributed by atoms with Crippen LogP contribution in [0.15, 0.2) is 30.6 Å². The van der Waals surface area contributed by atoms with E-state index in [0.717, 1.165) is 37.8 Å². The van der Waals surface area contributed by atoms with Crippen LogP contribution in [-0.2, 0) is 4.79 Å². The standard InChI is InChI=1S/C27H27ClN8O2/c1-14-25(35-12-17-4-6-21(17)27(35)38)30-11-23(31-14)15(2)36-13-24(33-34-36)26(37)32-20-7-18(8-20)22-9-19(28)5-3-16(22)10-29/h3,5,9,11,13,15,17-18,20-21H,4,6-8,12H2,1-2H3,(H,32,37)/t15-,17+,18-,20+,21?/m0/s1. The Balaban J connectivity index is 1.08. The fraction of sp³-hybridized carbons (Fsp3) is 0.444. The Kier molecular flexibility index (Phi) is 6.11. The molecule has 194 valence electrons. The summed E-state index contributed by atoms with van der Waals surface area (Å²) in [5.74, 6) is 1.25. The van der Waals surface area contributed by atoms with Gasteiger partial charge in [-0.25, -0.2) is 9.67 Å². The number of anilines is 1. The third-order valence-corrected chi connectivity index (χ3v) is 8.46. The second-order valence-corrected chi connectivity index (χ2v) is 11.0. The van der Waals surface area contributed by atoms with Gasteiger partial charge in [-0.15, -0.1) is 5.10 Å². The van der Waals surface area contributed by atoms with Crippen LogP contribution in [0.4, 0.5) is 5.82 Å². The van der Waals surface area contributed by atoms with Gasteiger partial charge < -0.3 is 5.32 Å². The molecule has 1 saturated heterocycles. The second kappa shape index (κ2) is 9.48. The topological polar surface area (TPSA) is 130 Å². The number of benzene rings is 1. The van der Waals surface area contributed by atoms with Gasteiger partial charge in [0.1, 0.15) is 0 Å². The number of rotatable bonds is 6. The summed E-state index contributed by atoms with van der Waals surface area (Å²) >= 11 is 6.12. The summed E-state index contributed by atoms with van der Waals surface area (Å²) in [5.41, 5.74) is 3.14. The molecule has 3 heterocycles. The molecular weight excluding hydrogens is 504 g/mol. The predicted octanol–water partition coefficient (Wildman–Crippen LogP) is 3.56. The van der Waals surface area contributed by atoms with Gasteiger partial charge in [0.25, 0.3) is 5.91 Å². The van der Waals surface area contributed by atoms with Crippen molar-refractivity contribution in [1.29, 1.82) is 5.26 Å². The number of hydrogen-bond donors (Lipinski definition) is 1. The van der Waals surface area contributed by atoms with Crippen LogP contribution in [0.3, 0.4) is 0 Å². The molecule has 3 aliphatic rings. The summed E-state index contributed by atoms with van der Waals surface area (Å²) in [6.45, 7) is 4.49. The van der Waals surface area contributed by atoms with Crippen molar-refractivity contribution < 1.29 is 9.59 Å². The van der Waals surface area contributed by atoms with Crippen LogP contribution < -0.4 is 10.2 Å². The summed E-state index contributed by atoms with van der Waals surface area (Å²) in [7, 11) is 0. The second-order valence-electron chi connectivity index (χ2n) is 10.5. The molecule has 1 unspecified atom stereocenters. The number of nitrogens with one attached hydrogen (secondary N) is 1. The molecule has 38 heavy (non-hydrogen) atoms. The van der Waals surface area contributed by atoms with E-state index in [4.69, 9.17) is 16.6 Å². The number of hydrogen-bond acceptors (Lipinski definition) is 7. The Morgan fingerprint density at radius 3 is 2.76 bits per heavy atom. The number of carbonyl (C=O) groups excluding carboxylic acids is 2. The molecule has 3 aromatic rings. The summed E-state index contributed by atoms with van der Waals surface area (Å²) in [6.07, 6.45) is 6.80. The highest BCUT2D eigenvalue weighted by Gasteiger charge is 2.47. The van der Waals surface area contributed by atoms with Gasteiger partial charge in [0.2, 0.25) is 5.91 Å². The summed E-state index contributed by atoms with van der Waals surface area (Å²) < 4.78 is 1.59. The number of halogens is 1. The van der Waals surface area contributed by atoms with Crippen molar-refractivity contribution in [3.63, 3.8) is 0 Å². The highest BCUT2D eigenvalue weighted by atomic mass is 35.5. The molecule has 3 atom stereocenters. The van der Waals surface area contributed by atoms with Gasteiger partial charge in [-0.2, -0.15) is 5.26 Å². The normalized spacial score (nSPS) is 24.7. The lowest BCUT2D eigenvalue weighted by molar-refractivity contribution is -0.123. The monoisotopic (exact) mass is 530 g/mol. The number of aromatic nitrogens is 5. The largest absolute Gasteiger partial charge is 0.348 e. The van der Waals surface area contributed by atoms with E-state index >= 15 is 0 Å². The van der Waals surface area contributed by atoms with Gasteiger partial charge in [0.15, 0.2) is 11.5 Å². The lowest BCUT2D eigenvalue weighted by Crippen LogP contribution is -2.43. The molecule has 1 N–H and O–H groups in total. The first-order valence-electron chi connectivity index (χ1n) is 12.9. The van der Waals surface area contributed by atoms with Crippen LogP contribution in [0.1, 0.15) is 77.6 Å². The molecular formula is C27H27ClN8O2. The lowest BCUT2D eigenvalue weighted by atomic mass is 9.74. The van der Waals surface area contributed by atoms with Crippen molar-refractivity contribution in [3.05, 3.63) is 63.8 Å². The Bertz CT molecular complexity index is 1470. The molecule has 2 amide bonds. The van der Waals surface area contributed by atoms with E-state index in [1.807, 2.05) is 19.9 Å². The number of nitrogens with zero attached hydrogens (tertiary/aromatic N) is 7. The summed E-state index contributed by atoms with van der Waals surface area (Å²) in [4.78, 5) is 36.5. The van der Waals surface area contributed by atoms with Crippen molar-refractivity contribution in [3.8, 4) is 6.07 Å².